The second kappa shape index (κ2) is 5.79. The van der Waals surface area contributed by atoms with Crippen molar-refractivity contribution in [1.29, 1.82) is 0 Å². The van der Waals surface area contributed by atoms with Crippen molar-refractivity contribution in [2.45, 2.75) is 13.0 Å². The van der Waals surface area contributed by atoms with E-state index in [0.29, 0.717) is 11.6 Å². The smallest absolute Gasteiger partial charge is 0.147 e. The van der Waals surface area contributed by atoms with Crippen molar-refractivity contribution < 1.29 is 4.74 Å². The molecule has 0 aromatic carbocycles. The molecule has 0 saturated carbocycles. The van der Waals surface area contributed by atoms with E-state index in [-0.39, 0.29) is 6.10 Å². The van der Waals surface area contributed by atoms with Gasteiger partial charge in [0.25, 0.3) is 0 Å². The number of aromatic nitrogens is 2. The van der Waals surface area contributed by atoms with E-state index in [1.807, 2.05) is 0 Å². The van der Waals surface area contributed by atoms with Gasteiger partial charge in [-0.15, -0.1) is 0 Å². The van der Waals surface area contributed by atoms with E-state index in [0.717, 1.165) is 32.8 Å². The van der Waals surface area contributed by atoms with Crippen LogP contribution in [0.4, 0.5) is 11.6 Å². The van der Waals surface area contributed by atoms with Crippen LogP contribution in [0.25, 0.3) is 0 Å². The van der Waals surface area contributed by atoms with Crippen LogP contribution in [-0.2, 0) is 4.74 Å². The molecule has 1 aliphatic rings. The van der Waals surface area contributed by atoms with Gasteiger partial charge in [0.2, 0.25) is 0 Å². The Hall–Kier alpha value is -1.40. The van der Waals surface area contributed by atoms with Gasteiger partial charge in [-0.1, -0.05) is 6.92 Å². The Kier molecular flexibility index (Phi) is 4.11. The zero-order valence-corrected chi connectivity index (χ0v) is 10.1. The lowest BCUT2D eigenvalue weighted by Crippen LogP contribution is -2.45. The molecular formula is C11H19N5O. The van der Waals surface area contributed by atoms with Crippen LogP contribution in [0.1, 0.15) is 6.92 Å². The van der Waals surface area contributed by atoms with Crippen molar-refractivity contribution in [3.8, 4) is 0 Å². The Morgan fingerprint density at radius 3 is 3.24 bits per heavy atom. The van der Waals surface area contributed by atoms with E-state index in [9.17, 15) is 0 Å². The Balaban J connectivity index is 1.81. The van der Waals surface area contributed by atoms with Crippen LogP contribution in [0.2, 0.25) is 0 Å². The number of ether oxygens (including phenoxy) is 1. The Morgan fingerprint density at radius 2 is 2.47 bits per heavy atom. The van der Waals surface area contributed by atoms with Gasteiger partial charge in [-0.25, -0.2) is 4.98 Å². The van der Waals surface area contributed by atoms with Gasteiger partial charge in [-0.05, 0) is 6.54 Å². The number of nitrogens with one attached hydrogen (secondary N) is 1. The highest BCUT2D eigenvalue weighted by Crippen LogP contribution is 2.07. The van der Waals surface area contributed by atoms with Crippen LogP contribution in [0.5, 0.6) is 0 Å². The molecular weight excluding hydrogens is 218 g/mol. The van der Waals surface area contributed by atoms with Crippen molar-refractivity contribution in [1.82, 2.24) is 14.9 Å². The van der Waals surface area contributed by atoms with Crippen LogP contribution in [0.15, 0.2) is 12.4 Å². The second-order valence-corrected chi connectivity index (χ2v) is 4.10. The third-order valence-electron chi connectivity index (χ3n) is 2.83. The Bertz CT molecular complexity index is 359. The van der Waals surface area contributed by atoms with Crippen molar-refractivity contribution in [2.75, 3.05) is 43.8 Å². The summed E-state index contributed by atoms with van der Waals surface area (Å²) < 4.78 is 5.68. The van der Waals surface area contributed by atoms with Gasteiger partial charge in [0.1, 0.15) is 11.6 Å². The maximum absolute atomic E-state index is 5.68. The maximum atomic E-state index is 5.68. The monoisotopic (exact) mass is 237 g/mol. The molecule has 1 aromatic heterocycles. The number of morpholine rings is 1. The molecule has 3 N–H and O–H groups in total. The first-order valence-corrected chi connectivity index (χ1v) is 5.93. The third kappa shape index (κ3) is 3.54. The summed E-state index contributed by atoms with van der Waals surface area (Å²) in [6.07, 6.45) is 3.39. The first-order valence-electron chi connectivity index (χ1n) is 5.93. The molecule has 94 valence electrons. The first kappa shape index (κ1) is 12.1. The summed E-state index contributed by atoms with van der Waals surface area (Å²) in [7, 11) is 0. The normalized spacial score (nSPS) is 21.4. The molecule has 2 heterocycles. The fourth-order valence-corrected chi connectivity index (χ4v) is 1.88. The molecule has 0 spiro atoms. The molecule has 1 aromatic rings. The fourth-order valence-electron chi connectivity index (χ4n) is 1.88. The molecule has 6 nitrogen and oxygen atoms in total. The lowest BCUT2D eigenvalue weighted by atomic mass is 10.2. The van der Waals surface area contributed by atoms with Crippen LogP contribution in [0, 0.1) is 0 Å². The highest BCUT2D eigenvalue weighted by molar-refractivity contribution is 5.38. The summed E-state index contributed by atoms with van der Waals surface area (Å²) in [4.78, 5) is 10.5. The third-order valence-corrected chi connectivity index (χ3v) is 2.83. The number of hydrogen-bond acceptors (Lipinski definition) is 6. The van der Waals surface area contributed by atoms with Crippen molar-refractivity contribution in [3.63, 3.8) is 0 Å². The molecule has 1 fully saturated rings. The van der Waals surface area contributed by atoms with Crippen LogP contribution >= 0.6 is 0 Å². The van der Waals surface area contributed by atoms with Crippen LogP contribution in [-0.4, -0.2) is 53.8 Å². The van der Waals surface area contributed by atoms with E-state index in [1.165, 1.54) is 6.20 Å². The zero-order valence-electron chi connectivity index (χ0n) is 10.1. The second-order valence-electron chi connectivity index (χ2n) is 4.10. The van der Waals surface area contributed by atoms with Gasteiger partial charge < -0.3 is 15.8 Å². The Morgan fingerprint density at radius 1 is 1.59 bits per heavy atom. The maximum Gasteiger partial charge on any atom is 0.147 e. The number of rotatable bonds is 4. The van der Waals surface area contributed by atoms with Gasteiger partial charge in [0.05, 0.1) is 25.1 Å². The molecule has 1 saturated heterocycles. The molecule has 1 atom stereocenters. The average Bonchev–Trinajstić information content (AvgIpc) is 2.37. The predicted octanol–water partition coefficient (Wildman–Crippen LogP) is 0.191. The highest BCUT2D eigenvalue weighted by Gasteiger charge is 2.18. The van der Waals surface area contributed by atoms with E-state index in [2.05, 4.69) is 27.1 Å². The topological polar surface area (TPSA) is 76.3 Å². The molecule has 0 bridgehead atoms. The average molecular weight is 237 g/mol. The molecule has 1 aliphatic heterocycles. The highest BCUT2D eigenvalue weighted by atomic mass is 16.5. The van der Waals surface area contributed by atoms with Crippen LogP contribution < -0.4 is 11.1 Å². The quantitative estimate of drug-likeness (QED) is 0.778. The molecule has 1 unspecified atom stereocenters. The van der Waals surface area contributed by atoms with Gasteiger partial charge in [-0.3, -0.25) is 9.88 Å². The summed E-state index contributed by atoms with van der Waals surface area (Å²) in [5, 5.41) is 3.19. The minimum absolute atomic E-state index is 0.201. The van der Waals surface area contributed by atoms with Gasteiger partial charge in [-0.2, -0.15) is 0 Å². The first-order chi connectivity index (χ1) is 8.28. The van der Waals surface area contributed by atoms with E-state index >= 15 is 0 Å². The van der Waals surface area contributed by atoms with Gasteiger partial charge >= 0.3 is 0 Å². The summed E-state index contributed by atoms with van der Waals surface area (Å²) >= 11 is 0. The minimum atomic E-state index is 0.201. The molecule has 0 radical (unpaired) electrons. The predicted molar refractivity (Wildman–Crippen MR) is 66.8 cm³/mol. The van der Waals surface area contributed by atoms with Crippen LogP contribution in [0.3, 0.4) is 0 Å². The molecule has 0 aliphatic carbocycles. The number of hydrogen-bond donors (Lipinski definition) is 2. The van der Waals surface area contributed by atoms with Crippen molar-refractivity contribution in [3.05, 3.63) is 12.4 Å². The van der Waals surface area contributed by atoms with E-state index < -0.39 is 0 Å². The molecule has 2 rings (SSSR count). The number of anilines is 2. The minimum Gasteiger partial charge on any atom is -0.382 e. The molecule has 0 amide bonds. The van der Waals surface area contributed by atoms with Crippen molar-refractivity contribution >= 4 is 11.6 Å². The summed E-state index contributed by atoms with van der Waals surface area (Å²) in [5.41, 5.74) is 5.56. The SMILES string of the molecule is CCN1CCOC(CNc2cncc(N)n2)C1. The van der Waals surface area contributed by atoms with Crippen molar-refractivity contribution in [2.24, 2.45) is 0 Å². The lowest BCUT2D eigenvalue weighted by Gasteiger charge is -2.32. The largest absolute Gasteiger partial charge is 0.382 e. The zero-order chi connectivity index (χ0) is 12.1. The summed E-state index contributed by atoms with van der Waals surface area (Å²) in [5.74, 6) is 1.12. The summed E-state index contributed by atoms with van der Waals surface area (Å²) in [6, 6.07) is 0. The molecule has 6 heteroatoms. The fraction of sp³-hybridized carbons (Fsp3) is 0.636. The van der Waals surface area contributed by atoms with Gasteiger partial charge in [0, 0.05) is 19.6 Å². The number of likely N-dealkylation sites (N-methyl/N-ethyl adjacent to an activating group) is 1. The standard InChI is InChI=1S/C11H19N5O/c1-2-16-3-4-17-9(8-16)5-14-11-7-13-6-10(12)15-11/h6-7,9H,2-5,8H2,1H3,(H3,12,14,15). The number of nitrogens with zero attached hydrogens (tertiary/aromatic N) is 3. The Labute approximate surface area is 101 Å². The van der Waals surface area contributed by atoms with E-state index in [1.54, 1.807) is 6.20 Å². The summed E-state index contributed by atoms with van der Waals surface area (Å²) in [6.45, 7) is 6.74. The van der Waals surface area contributed by atoms with Gasteiger partial charge in [0.15, 0.2) is 0 Å². The van der Waals surface area contributed by atoms with E-state index in [4.69, 9.17) is 10.5 Å². The number of nitrogens with two attached hydrogens (primary N) is 1. The molecule has 17 heavy (non-hydrogen) atoms. The lowest BCUT2D eigenvalue weighted by molar-refractivity contribution is -0.0192. The number of nitrogen functional groups attached to an aromatic ring is 1.